The van der Waals surface area contributed by atoms with Gasteiger partial charge in [0.2, 0.25) is 0 Å². The van der Waals surface area contributed by atoms with Crippen molar-refractivity contribution in [1.82, 2.24) is 0 Å². The van der Waals surface area contributed by atoms with Gasteiger partial charge in [0.15, 0.2) is 0 Å². The molecular formula is C11H15O3. The van der Waals surface area contributed by atoms with Gasteiger partial charge in [-0.25, -0.2) is 0 Å². The number of rotatable bonds is 4. The Kier molecular flexibility index (Phi) is 2.70. The van der Waals surface area contributed by atoms with E-state index in [-0.39, 0.29) is 17.8 Å². The molecule has 0 aromatic carbocycles. The fourth-order valence-corrected chi connectivity index (χ4v) is 1.99. The van der Waals surface area contributed by atoms with Crippen LogP contribution >= 0.6 is 0 Å². The molecule has 1 radical (unpaired) electrons. The number of carbonyl (C=O) groups excluding carboxylic acids is 1. The third kappa shape index (κ3) is 1.74. The Morgan fingerprint density at radius 1 is 1.57 bits per heavy atom. The van der Waals surface area contributed by atoms with Crippen LogP contribution in [0, 0.1) is 6.42 Å². The summed E-state index contributed by atoms with van der Waals surface area (Å²) >= 11 is 0. The fraction of sp³-hybridized carbons (Fsp3) is 0.636. The number of ether oxygens (including phenoxy) is 1. The first kappa shape index (κ1) is 9.87. The van der Waals surface area contributed by atoms with Crippen LogP contribution < -0.4 is 0 Å². The summed E-state index contributed by atoms with van der Waals surface area (Å²) < 4.78 is 5.48. The second-order valence-electron chi connectivity index (χ2n) is 3.89. The van der Waals surface area contributed by atoms with Crippen molar-refractivity contribution in [3.05, 3.63) is 18.6 Å². The van der Waals surface area contributed by atoms with Crippen molar-refractivity contribution in [1.29, 1.82) is 0 Å². The smallest absolute Gasteiger partial charge is 0.120 e. The SMILES string of the molecule is O=CCCC=CC12[CH]CCC(O)C1O2. The molecule has 1 N–H and O–H groups in total. The van der Waals surface area contributed by atoms with Crippen LogP contribution in [0.3, 0.4) is 0 Å². The third-order valence-electron chi connectivity index (χ3n) is 2.82. The molecule has 0 aromatic rings. The van der Waals surface area contributed by atoms with E-state index >= 15 is 0 Å². The standard InChI is InChI=1S/C11H15O3/c12-8-3-1-2-6-11-7-4-5-9(13)10(11)14-11/h2,6-10,13H,1,3-5H2. The molecular weight excluding hydrogens is 180 g/mol. The summed E-state index contributed by atoms with van der Waals surface area (Å²) in [6, 6.07) is 0. The average Bonchev–Trinajstić information content (AvgIpc) is 2.90. The molecule has 14 heavy (non-hydrogen) atoms. The van der Waals surface area contributed by atoms with Crippen molar-refractivity contribution in [2.45, 2.75) is 43.5 Å². The lowest BCUT2D eigenvalue weighted by molar-refractivity contribution is -0.107. The molecule has 3 heteroatoms. The number of fused-ring (bicyclic) bond motifs is 1. The van der Waals surface area contributed by atoms with E-state index in [0.717, 1.165) is 25.5 Å². The molecule has 2 aliphatic rings. The van der Waals surface area contributed by atoms with Crippen LogP contribution in [0.1, 0.15) is 25.7 Å². The zero-order valence-corrected chi connectivity index (χ0v) is 8.06. The Labute approximate surface area is 83.8 Å². The first-order valence-electron chi connectivity index (χ1n) is 5.10. The maximum absolute atomic E-state index is 10.1. The number of unbranched alkanes of at least 4 members (excludes halogenated alkanes) is 1. The van der Waals surface area contributed by atoms with Crippen LogP contribution in [0.25, 0.3) is 0 Å². The highest BCUT2D eigenvalue weighted by Gasteiger charge is 2.59. The molecule has 1 heterocycles. The molecule has 1 saturated heterocycles. The maximum Gasteiger partial charge on any atom is 0.120 e. The van der Waals surface area contributed by atoms with Crippen LogP contribution in [0.15, 0.2) is 12.2 Å². The maximum atomic E-state index is 10.1. The van der Waals surface area contributed by atoms with Crippen molar-refractivity contribution in [2.24, 2.45) is 0 Å². The Morgan fingerprint density at radius 2 is 2.43 bits per heavy atom. The van der Waals surface area contributed by atoms with Crippen LogP contribution in [-0.2, 0) is 9.53 Å². The number of allylic oxidation sites excluding steroid dienone is 1. The molecule has 1 saturated carbocycles. The molecule has 3 atom stereocenters. The van der Waals surface area contributed by atoms with Gasteiger partial charge in [-0.15, -0.1) is 0 Å². The minimum Gasteiger partial charge on any atom is -0.390 e. The van der Waals surface area contributed by atoms with E-state index in [1.807, 2.05) is 12.2 Å². The first-order valence-corrected chi connectivity index (χ1v) is 5.10. The normalized spacial score (nSPS) is 40.9. The van der Waals surface area contributed by atoms with Crippen LogP contribution in [0.2, 0.25) is 0 Å². The highest BCUT2D eigenvalue weighted by molar-refractivity contribution is 5.49. The Bertz CT molecular complexity index is 249. The van der Waals surface area contributed by atoms with Gasteiger partial charge in [0.1, 0.15) is 18.0 Å². The average molecular weight is 195 g/mol. The van der Waals surface area contributed by atoms with E-state index in [1.54, 1.807) is 0 Å². The number of carbonyl (C=O) groups is 1. The molecule has 0 bridgehead atoms. The van der Waals surface area contributed by atoms with Crippen molar-refractivity contribution < 1.29 is 14.6 Å². The van der Waals surface area contributed by atoms with Gasteiger partial charge >= 0.3 is 0 Å². The lowest BCUT2D eigenvalue weighted by Gasteiger charge is -2.17. The Morgan fingerprint density at radius 3 is 3.21 bits per heavy atom. The van der Waals surface area contributed by atoms with Gasteiger partial charge in [0.25, 0.3) is 0 Å². The van der Waals surface area contributed by atoms with Crippen LogP contribution in [0.5, 0.6) is 0 Å². The summed E-state index contributed by atoms with van der Waals surface area (Å²) in [7, 11) is 0. The van der Waals surface area contributed by atoms with E-state index in [9.17, 15) is 9.90 Å². The summed E-state index contributed by atoms with van der Waals surface area (Å²) in [6.07, 6.45) is 9.61. The Hall–Kier alpha value is -0.670. The van der Waals surface area contributed by atoms with E-state index in [4.69, 9.17) is 4.74 Å². The van der Waals surface area contributed by atoms with Crippen molar-refractivity contribution >= 4 is 6.29 Å². The van der Waals surface area contributed by atoms with Gasteiger partial charge in [-0.1, -0.05) is 12.2 Å². The Balaban J connectivity index is 1.86. The van der Waals surface area contributed by atoms with E-state index in [2.05, 4.69) is 6.42 Å². The van der Waals surface area contributed by atoms with Crippen molar-refractivity contribution in [2.75, 3.05) is 0 Å². The van der Waals surface area contributed by atoms with Crippen molar-refractivity contribution in [3.63, 3.8) is 0 Å². The molecule has 1 aliphatic heterocycles. The summed E-state index contributed by atoms with van der Waals surface area (Å²) in [5.41, 5.74) is -0.305. The molecule has 0 amide bonds. The summed E-state index contributed by atoms with van der Waals surface area (Å²) in [5.74, 6) is 0. The van der Waals surface area contributed by atoms with E-state index in [1.165, 1.54) is 0 Å². The fourth-order valence-electron chi connectivity index (χ4n) is 1.99. The zero-order chi connectivity index (χ0) is 10.0. The predicted molar refractivity (Wildman–Crippen MR) is 51.6 cm³/mol. The molecule has 3 unspecified atom stereocenters. The number of hydrogen-bond donors (Lipinski definition) is 1. The number of epoxide rings is 1. The van der Waals surface area contributed by atoms with E-state index in [0.29, 0.717) is 6.42 Å². The largest absolute Gasteiger partial charge is 0.390 e. The topological polar surface area (TPSA) is 49.8 Å². The minimum absolute atomic E-state index is 0.0382. The second-order valence-corrected chi connectivity index (χ2v) is 3.89. The quantitative estimate of drug-likeness (QED) is 0.315. The summed E-state index contributed by atoms with van der Waals surface area (Å²) in [6.45, 7) is 0. The van der Waals surface area contributed by atoms with Gasteiger partial charge < -0.3 is 14.6 Å². The number of aliphatic hydroxyl groups is 1. The molecule has 77 valence electrons. The van der Waals surface area contributed by atoms with E-state index < -0.39 is 0 Å². The summed E-state index contributed by atoms with van der Waals surface area (Å²) in [5, 5.41) is 9.55. The van der Waals surface area contributed by atoms with Gasteiger partial charge in [0, 0.05) is 12.8 Å². The third-order valence-corrected chi connectivity index (χ3v) is 2.82. The van der Waals surface area contributed by atoms with Gasteiger partial charge in [-0.2, -0.15) is 0 Å². The number of aldehydes is 1. The predicted octanol–water partition coefficient (Wildman–Crippen LogP) is 1.02. The molecule has 3 nitrogen and oxygen atoms in total. The highest BCUT2D eigenvalue weighted by atomic mass is 16.6. The van der Waals surface area contributed by atoms with Crippen LogP contribution in [-0.4, -0.2) is 29.2 Å². The molecule has 1 aliphatic carbocycles. The zero-order valence-electron chi connectivity index (χ0n) is 8.06. The molecule has 0 spiro atoms. The monoisotopic (exact) mass is 195 g/mol. The first-order chi connectivity index (χ1) is 6.78. The number of hydrogen-bond acceptors (Lipinski definition) is 3. The minimum atomic E-state index is -0.323. The molecule has 2 fully saturated rings. The second kappa shape index (κ2) is 3.83. The highest BCUT2D eigenvalue weighted by Crippen LogP contribution is 2.48. The van der Waals surface area contributed by atoms with Crippen LogP contribution in [0.4, 0.5) is 0 Å². The molecule has 2 rings (SSSR count). The lowest BCUT2D eigenvalue weighted by Crippen LogP contribution is -2.28. The van der Waals surface area contributed by atoms with Gasteiger partial charge in [-0.3, -0.25) is 0 Å². The lowest BCUT2D eigenvalue weighted by atomic mass is 9.87. The van der Waals surface area contributed by atoms with Gasteiger partial charge in [0.05, 0.1) is 6.10 Å². The molecule has 0 aromatic heterocycles. The summed E-state index contributed by atoms with van der Waals surface area (Å²) in [4.78, 5) is 10.1. The number of aliphatic hydroxyl groups excluding tert-OH is 1. The van der Waals surface area contributed by atoms with Gasteiger partial charge in [-0.05, 0) is 19.3 Å². The van der Waals surface area contributed by atoms with Crippen molar-refractivity contribution in [3.8, 4) is 0 Å².